The molecule has 3 heterocycles. The Balaban J connectivity index is 1.53. The van der Waals surface area contributed by atoms with Crippen molar-refractivity contribution in [1.29, 1.82) is 0 Å². The summed E-state index contributed by atoms with van der Waals surface area (Å²) in [6.45, 7) is 5.02. The van der Waals surface area contributed by atoms with E-state index in [1.54, 1.807) is 44.3 Å². The molecular weight excluding hydrogens is 542 g/mol. The maximum Gasteiger partial charge on any atom is 0.423 e. The summed E-state index contributed by atoms with van der Waals surface area (Å²) in [6.07, 6.45) is 6.54. The van der Waals surface area contributed by atoms with E-state index in [1.165, 1.54) is 34.2 Å². The SMILES string of the molecule is CCNC(=O)c1cn2ncnc(N(C(=O)OCOC(=O)c3cccnc3)c3cc(C(=O)NC4CC4)ccc3C)c2c1C. The Morgan fingerprint density at radius 3 is 2.60 bits per heavy atom. The molecule has 0 unspecified atom stereocenters. The second-order valence-electron chi connectivity index (χ2n) is 9.69. The van der Waals surface area contributed by atoms with Gasteiger partial charge in [-0.1, -0.05) is 6.07 Å². The lowest BCUT2D eigenvalue weighted by atomic mass is 10.1. The molecule has 42 heavy (non-hydrogen) atoms. The van der Waals surface area contributed by atoms with Gasteiger partial charge in [0, 0.05) is 36.7 Å². The van der Waals surface area contributed by atoms with Crippen molar-refractivity contribution in [2.45, 2.75) is 39.7 Å². The van der Waals surface area contributed by atoms with Gasteiger partial charge in [-0.05, 0) is 69.0 Å². The van der Waals surface area contributed by atoms with Crippen LogP contribution in [0.2, 0.25) is 0 Å². The van der Waals surface area contributed by atoms with E-state index in [4.69, 9.17) is 9.47 Å². The van der Waals surface area contributed by atoms with Crippen LogP contribution in [0.1, 0.15) is 62.0 Å². The average molecular weight is 572 g/mol. The number of aromatic nitrogens is 4. The molecule has 1 aliphatic rings. The molecule has 2 N–H and O–H groups in total. The van der Waals surface area contributed by atoms with E-state index in [0.717, 1.165) is 12.8 Å². The third-order valence-corrected chi connectivity index (χ3v) is 6.68. The molecule has 5 rings (SSSR count). The highest BCUT2D eigenvalue weighted by atomic mass is 16.7. The van der Waals surface area contributed by atoms with E-state index >= 15 is 0 Å². The van der Waals surface area contributed by atoms with Crippen molar-refractivity contribution in [3.63, 3.8) is 0 Å². The number of aryl methyl sites for hydroxylation is 2. The van der Waals surface area contributed by atoms with Crippen molar-refractivity contribution < 1.29 is 28.7 Å². The van der Waals surface area contributed by atoms with Crippen LogP contribution < -0.4 is 15.5 Å². The highest BCUT2D eigenvalue weighted by Gasteiger charge is 2.30. The van der Waals surface area contributed by atoms with Crippen LogP contribution in [0.25, 0.3) is 5.52 Å². The number of nitrogens with zero attached hydrogens (tertiary/aromatic N) is 5. The fourth-order valence-electron chi connectivity index (χ4n) is 4.34. The Kier molecular flexibility index (Phi) is 8.09. The van der Waals surface area contributed by atoms with E-state index in [1.807, 2.05) is 6.92 Å². The zero-order valence-corrected chi connectivity index (χ0v) is 23.3. The van der Waals surface area contributed by atoms with Gasteiger partial charge in [-0.15, -0.1) is 0 Å². The number of amides is 3. The topological polar surface area (TPSA) is 157 Å². The lowest BCUT2D eigenvalue weighted by Crippen LogP contribution is -2.31. The van der Waals surface area contributed by atoms with Gasteiger partial charge in [-0.3, -0.25) is 14.6 Å². The number of hydrogen-bond acceptors (Lipinski definition) is 9. The summed E-state index contributed by atoms with van der Waals surface area (Å²) in [5.74, 6) is -1.21. The summed E-state index contributed by atoms with van der Waals surface area (Å²) in [5.41, 5.74) is 2.72. The smallest absolute Gasteiger partial charge is 0.423 e. The van der Waals surface area contributed by atoms with Gasteiger partial charge >= 0.3 is 12.1 Å². The van der Waals surface area contributed by atoms with Crippen LogP contribution in [0, 0.1) is 13.8 Å². The molecular formula is C29H29N7O6. The zero-order chi connectivity index (χ0) is 29.8. The van der Waals surface area contributed by atoms with Crippen LogP contribution in [0.4, 0.5) is 16.3 Å². The van der Waals surface area contributed by atoms with E-state index in [-0.39, 0.29) is 29.2 Å². The number of fused-ring (bicyclic) bond motifs is 1. The molecule has 216 valence electrons. The maximum atomic E-state index is 13.7. The molecule has 1 saturated carbocycles. The Labute approximate surface area is 240 Å². The molecule has 0 atom stereocenters. The molecule has 1 fully saturated rings. The third kappa shape index (κ3) is 5.89. The molecule has 4 aromatic rings. The number of hydrogen-bond donors (Lipinski definition) is 2. The fraction of sp³-hybridized carbons (Fsp3) is 0.276. The molecule has 13 nitrogen and oxygen atoms in total. The summed E-state index contributed by atoms with van der Waals surface area (Å²) >= 11 is 0. The van der Waals surface area contributed by atoms with Crippen LogP contribution in [0.5, 0.6) is 0 Å². The predicted molar refractivity (Wildman–Crippen MR) is 151 cm³/mol. The fourth-order valence-corrected chi connectivity index (χ4v) is 4.34. The van der Waals surface area contributed by atoms with Crippen molar-refractivity contribution in [3.05, 3.63) is 83.1 Å². The lowest BCUT2D eigenvalue weighted by molar-refractivity contribution is -0.000110. The molecule has 13 heteroatoms. The van der Waals surface area contributed by atoms with Crippen molar-refractivity contribution >= 4 is 40.9 Å². The van der Waals surface area contributed by atoms with E-state index in [0.29, 0.717) is 40.0 Å². The van der Waals surface area contributed by atoms with Gasteiger partial charge in [0.1, 0.15) is 11.8 Å². The molecule has 1 aliphatic carbocycles. The van der Waals surface area contributed by atoms with Gasteiger partial charge in [0.05, 0.1) is 16.8 Å². The number of pyridine rings is 1. The van der Waals surface area contributed by atoms with Crippen LogP contribution >= 0.6 is 0 Å². The quantitative estimate of drug-likeness (QED) is 0.227. The number of ether oxygens (including phenoxy) is 2. The second-order valence-corrected chi connectivity index (χ2v) is 9.69. The lowest BCUT2D eigenvalue weighted by Gasteiger charge is -2.24. The molecule has 0 aliphatic heterocycles. The van der Waals surface area contributed by atoms with Crippen molar-refractivity contribution in [1.82, 2.24) is 30.2 Å². The molecule has 3 aromatic heterocycles. The predicted octanol–water partition coefficient (Wildman–Crippen LogP) is 3.47. The van der Waals surface area contributed by atoms with Crippen molar-refractivity contribution in [3.8, 4) is 0 Å². The normalized spacial score (nSPS) is 12.5. The molecule has 0 spiro atoms. The Morgan fingerprint density at radius 1 is 1.07 bits per heavy atom. The highest BCUT2D eigenvalue weighted by molar-refractivity contribution is 6.05. The van der Waals surface area contributed by atoms with Gasteiger partial charge in [0.15, 0.2) is 5.82 Å². The molecule has 0 saturated heterocycles. The largest absolute Gasteiger partial charge is 0.424 e. The van der Waals surface area contributed by atoms with Gasteiger partial charge in [-0.2, -0.15) is 5.10 Å². The van der Waals surface area contributed by atoms with Gasteiger partial charge < -0.3 is 20.1 Å². The van der Waals surface area contributed by atoms with Gasteiger partial charge in [0.2, 0.25) is 6.79 Å². The summed E-state index contributed by atoms with van der Waals surface area (Å²) in [4.78, 5) is 61.2. The Bertz CT molecular complexity index is 1670. The summed E-state index contributed by atoms with van der Waals surface area (Å²) < 4.78 is 12.0. The molecule has 1 aromatic carbocycles. The molecule has 0 bridgehead atoms. The molecule has 3 amide bonds. The minimum atomic E-state index is -0.933. The van der Waals surface area contributed by atoms with E-state index in [9.17, 15) is 19.2 Å². The van der Waals surface area contributed by atoms with Crippen molar-refractivity contribution in [2.24, 2.45) is 0 Å². The molecule has 0 radical (unpaired) electrons. The van der Waals surface area contributed by atoms with E-state index in [2.05, 4.69) is 25.7 Å². The van der Waals surface area contributed by atoms with Gasteiger partial charge in [0.25, 0.3) is 11.8 Å². The summed E-state index contributed by atoms with van der Waals surface area (Å²) in [7, 11) is 0. The third-order valence-electron chi connectivity index (χ3n) is 6.68. The second kappa shape index (κ2) is 12.0. The Hall–Kier alpha value is -5.33. The minimum Gasteiger partial charge on any atom is -0.424 e. The van der Waals surface area contributed by atoms with Crippen LogP contribution in [0.3, 0.4) is 0 Å². The van der Waals surface area contributed by atoms with Crippen LogP contribution in [0.15, 0.2) is 55.2 Å². The first-order chi connectivity index (χ1) is 20.3. The monoisotopic (exact) mass is 571 g/mol. The van der Waals surface area contributed by atoms with E-state index < -0.39 is 18.9 Å². The first-order valence-corrected chi connectivity index (χ1v) is 13.3. The zero-order valence-electron chi connectivity index (χ0n) is 23.3. The maximum absolute atomic E-state index is 13.7. The number of carbonyl (C=O) groups excluding carboxylic acids is 4. The van der Waals surface area contributed by atoms with Gasteiger partial charge in [-0.25, -0.2) is 24.0 Å². The summed E-state index contributed by atoms with van der Waals surface area (Å²) in [5, 5.41) is 9.94. The standard InChI is InChI=1S/C29H29N7O6/c1-4-31-27(38)22-14-35-24(18(22)3)25(32-15-33-35)36(29(40)42-16-41-28(39)20-6-5-11-30-13-20)23-12-19(8-7-17(23)2)26(37)34-21-9-10-21/h5-8,11-15,21H,4,9-10,16H2,1-3H3,(H,31,38)(H,34,37). The van der Waals surface area contributed by atoms with Crippen LogP contribution in [-0.2, 0) is 9.47 Å². The number of anilines is 2. The average Bonchev–Trinajstić information content (AvgIpc) is 3.74. The Morgan fingerprint density at radius 2 is 1.88 bits per heavy atom. The number of nitrogens with one attached hydrogen (secondary N) is 2. The minimum absolute atomic E-state index is 0.101. The number of carbonyl (C=O) groups is 4. The first-order valence-electron chi connectivity index (χ1n) is 13.3. The van der Waals surface area contributed by atoms with Crippen LogP contribution in [-0.4, -0.2) is 62.8 Å². The summed E-state index contributed by atoms with van der Waals surface area (Å²) in [6, 6.07) is 8.18. The number of benzene rings is 1. The first kappa shape index (κ1) is 28.2. The number of rotatable bonds is 9. The highest BCUT2D eigenvalue weighted by Crippen LogP contribution is 2.34. The number of esters is 1. The van der Waals surface area contributed by atoms with Crippen molar-refractivity contribution in [2.75, 3.05) is 18.2 Å².